The van der Waals surface area contributed by atoms with Crippen molar-refractivity contribution in [3.8, 4) is 5.75 Å². The van der Waals surface area contributed by atoms with E-state index in [-0.39, 0.29) is 0 Å². The Balaban J connectivity index is 2.08. The van der Waals surface area contributed by atoms with Gasteiger partial charge in [-0.1, -0.05) is 29.8 Å². The van der Waals surface area contributed by atoms with Gasteiger partial charge in [-0.3, -0.25) is 0 Å². The molecule has 0 atom stereocenters. The monoisotopic (exact) mass is 372 g/mol. The minimum atomic E-state index is 0.476. The van der Waals surface area contributed by atoms with Gasteiger partial charge in [-0.05, 0) is 53.3 Å². The lowest BCUT2D eigenvalue weighted by atomic mass is 10.1. The van der Waals surface area contributed by atoms with Crippen molar-refractivity contribution in [2.24, 2.45) is 0 Å². The third-order valence-electron chi connectivity index (χ3n) is 2.67. The molecule has 0 saturated heterocycles. The van der Waals surface area contributed by atoms with Crippen molar-refractivity contribution in [1.82, 2.24) is 0 Å². The molecule has 1 nitrogen and oxygen atoms in total. The lowest BCUT2D eigenvalue weighted by Crippen LogP contribution is -1.98. The SMILES string of the molecule is Cc1ccc(OCc2ccc(I)cc2)c(CCl)c1. The smallest absolute Gasteiger partial charge is 0.124 e. The summed E-state index contributed by atoms with van der Waals surface area (Å²) in [5.74, 6) is 1.35. The summed E-state index contributed by atoms with van der Waals surface area (Å²) < 4.78 is 7.05. The van der Waals surface area contributed by atoms with Gasteiger partial charge in [0.25, 0.3) is 0 Å². The van der Waals surface area contributed by atoms with Crippen LogP contribution in [0.5, 0.6) is 5.75 Å². The minimum absolute atomic E-state index is 0.476. The molecule has 2 rings (SSSR count). The highest BCUT2D eigenvalue weighted by Gasteiger charge is 2.03. The normalized spacial score (nSPS) is 10.4. The van der Waals surface area contributed by atoms with Gasteiger partial charge in [0.1, 0.15) is 12.4 Å². The third kappa shape index (κ3) is 3.62. The number of halogens is 2. The first-order chi connectivity index (χ1) is 8.69. The topological polar surface area (TPSA) is 9.23 Å². The van der Waals surface area contributed by atoms with Crippen LogP contribution in [0.15, 0.2) is 42.5 Å². The molecule has 0 aliphatic carbocycles. The molecule has 0 heterocycles. The Hall–Kier alpha value is -0.740. The van der Waals surface area contributed by atoms with Crippen molar-refractivity contribution in [2.45, 2.75) is 19.4 Å². The minimum Gasteiger partial charge on any atom is -0.489 e. The molecule has 0 amide bonds. The maximum atomic E-state index is 5.93. The fourth-order valence-electron chi connectivity index (χ4n) is 1.70. The highest BCUT2D eigenvalue weighted by Crippen LogP contribution is 2.23. The molecule has 2 aromatic carbocycles. The second kappa shape index (κ2) is 6.43. The van der Waals surface area contributed by atoms with Gasteiger partial charge in [-0.15, -0.1) is 11.6 Å². The van der Waals surface area contributed by atoms with Crippen LogP contribution in [0.25, 0.3) is 0 Å². The van der Waals surface area contributed by atoms with Crippen LogP contribution in [0, 0.1) is 10.5 Å². The van der Waals surface area contributed by atoms with Gasteiger partial charge >= 0.3 is 0 Å². The molecule has 18 heavy (non-hydrogen) atoms. The highest BCUT2D eigenvalue weighted by molar-refractivity contribution is 14.1. The van der Waals surface area contributed by atoms with Crippen LogP contribution >= 0.6 is 34.2 Å². The molecule has 0 radical (unpaired) electrons. The average molecular weight is 373 g/mol. The van der Waals surface area contributed by atoms with Gasteiger partial charge in [0, 0.05) is 9.13 Å². The maximum Gasteiger partial charge on any atom is 0.124 e. The van der Waals surface area contributed by atoms with Gasteiger partial charge in [0.15, 0.2) is 0 Å². The summed E-state index contributed by atoms with van der Waals surface area (Å²) in [6.45, 7) is 2.63. The first-order valence-corrected chi connectivity index (χ1v) is 7.33. The molecule has 0 N–H and O–H groups in total. The molecule has 0 aliphatic rings. The fraction of sp³-hybridized carbons (Fsp3) is 0.200. The lowest BCUT2D eigenvalue weighted by molar-refractivity contribution is 0.304. The molecule has 0 fully saturated rings. The summed E-state index contributed by atoms with van der Waals surface area (Å²) in [7, 11) is 0. The van der Waals surface area contributed by atoms with E-state index in [9.17, 15) is 0 Å². The lowest BCUT2D eigenvalue weighted by Gasteiger charge is -2.11. The number of hydrogen-bond donors (Lipinski definition) is 0. The number of benzene rings is 2. The van der Waals surface area contributed by atoms with Crippen LogP contribution in [0.1, 0.15) is 16.7 Å². The van der Waals surface area contributed by atoms with E-state index in [0.717, 1.165) is 16.9 Å². The Morgan fingerprint density at radius 1 is 1.11 bits per heavy atom. The zero-order valence-corrected chi connectivity index (χ0v) is 13.0. The maximum absolute atomic E-state index is 5.93. The van der Waals surface area contributed by atoms with E-state index < -0.39 is 0 Å². The molecule has 0 saturated carbocycles. The van der Waals surface area contributed by atoms with Crippen molar-refractivity contribution in [3.05, 3.63) is 62.7 Å². The Morgan fingerprint density at radius 2 is 1.83 bits per heavy atom. The van der Waals surface area contributed by atoms with Gasteiger partial charge in [0.05, 0.1) is 5.88 Å². The molecule has 94 valence electrons. The number of rotatable bonds is 4. The van der Waals surface area contributed by atoms with Crippen molar-refractivity contribution in [3.63, 3.8) is 0 Å². The molecule has 0 spiro atoms. The number of aryl methyl sites for hydroxylation is 1. The first-order valence-electron chi connectivity index (χ1n) is 5.72. The molecule has 0 unspecified atom stereocenters. The van der Waals surface area contributed by atoms with E-state index in [1.807, 2.05) is 12.1 Å². The van der Waals surface area contributed by atoms with Gasteiger partial charge < -0.3 is 4.74 Å². The zero-order valence-electron chi connectivity index (χ0n) is 10.1. The summed E-state index contributed by atoms with van der Waals surface area (Å²) in [6, 6.07) is 14.4. The Bertz CT molecular complexity index is 523. The number of hydrogen-bond acceptors (Lipinski definition) is 1. The van der Waals surface area contributed by atoms with E-state index in [4.69, 9.17) is 16.3 Å². The predicted molar refractivity (Wildman–Crippen MR) is 84.2 cm³/mol. The zero-order chi connectivity index (χ0) is 13.0. The molecular formula is C15H14ClIO. The van der Waals surface area contributed by atoms with E-state index in [0.29, 0.717) is 12.5 Å². The van der Waals surface area contributed by atoms with Gasteiger partial charge in [-0.2, -0.15) is 0 Å². The van der Waals surface area contributed by atoms with Crippen LogP contribution in [0.3, 0.4) is 0 Å². The fourth-order valence-corrected chi connectivity index (χ4v) is 2.26. The molecular weight excluding hydrogens is 359 g/mol. The summed E-state index contributed by atoms with van der Waals surface area (Å²) in [6.07, 6.45) is 0. The number of ether oxygens (including phenoxy) is 1. The third-order valence-corrected chi connectivity index (χ3v) is 3.67. The average Bonchev–Trinajstić information content (AvgIpc) is 2.39. The largest absolute Gasteiger partial charge is 0.489 e. The quantitative estimate of drug-likeness (QED) is 0.547. The molecule has 0 aromatic heterocycles. The Morgan fingerprint density at radius 3 is 2.50 bits per heavy atom. The van der Waals surface area contributed by atoms with Crippen LogP contribution < -0.4 is 4.74 Å². The van der Waals surface area contributed by atoms with E-state index >= 15 is 0 Å². The summed E-state index contributed by atoms with van der Waals surface area (Å²) in [5.41, 5.74) is 3.41. The van der Waals surface area contributed by atoms with Crippen LogP contribution in [0.4, 0.5) is 0 Å². The van der Waals surface area contributed by atoms with Crippen LogP contribution in [0.2, 0.25) is 0 Å². The standard InChI is InChI=1S/C15H14ClIO/c1-11-2-7-15(13(8-11)9-16)18-10-12-3-5-14(17)6-4-12/h2-8H,9-10H2,1H3. The summed E-state index contributed by atoms with van der Waals surface area (Å²) >= 11 is 8.22. The molecule has 0 bridgehead atoms. The van der Waals surface area contributed by atoms with Gasteiger partial charge in [0.2, 0.25) is 0 Å². The van der Waals surface area contributed by atoms with Crippen molar-refractivity contribution < 1.29 is 4.74 Å². The van der Waals surface area contributed by atoms with E-state index in [1.165, 1.54) is 9.13 Å². The predicted octanol–water partition coefficient (Wildman–Crippen LogP) is 4.92. The highest BCUT2D eigenvalue weighted by atomic mass is 127. The molecule has 2 aromatic rings. The summed E-state index contributed by atoms with van der Waals surface area (Å²) in [4.78, 5) is 0. The van der Waals surface area contributed by atoms with Gasteiger partial charge in [-0.25, -0.2) is 0 Å². The summed E-state index contributed by atoms with van der Waals surface area (Å²) in [5, 5.41) is 0. The molecule has 0 aliphatic heterocycles. The first kappa shape index (κ1) is 13.7. The van der Waals surface area contributed by atoms with Crippen molar-refractivity contribution >= 4 is 34.2 Å². The Kier molecular flexibility index (Phi) is 4.89. The van der Waals surface area contributed by atoms with Crippen LogP contribution in [-0.2, 0) is 12.5 Å². The van der Waals surface area contributed by atoms with E-state index in [1.54, 1.807) is 0 Å². The second-order valence-corrected chi connectivity index (χ2v) is 5.67. The molecule has 3 heteroatoms. The second-order valence-electron chi connectivity index (χ2n) is 4.16. The van der Waals surface area contributed by atoms with Crippen molar-refractivity contribution in [1.29, 1.82) is 0 Å². The van der Waals surface area contributed by atoms with Crippen molar-refractivity contribution in [2.75, 3.05) is 0 Å². The Labute approximate surface area is 126 Å². The number of alkyl halides is 1. The van der Waals surface area contributed by atoms with Crippen LogP contribution in [-0.4, -0.2) is 0 Å². The van der Waals surface area contributed by atoms with E-state index in [2.05, 4.69) is 59.8 Å².